The number of nitrogens with one attached hydrogen (secondary N) is 1. The highest BCUT2D eigenvalue weighted by atomic mass is 32.2. The average Bonchev–Trinajstić information content (AvgIpc) is 2.70. The van der Waals surface area contributed by atoms with Gasteiger partial charge in [0.2, 0.25) is 5.91 Å². The van der Waals surface area contributed by atoms with Crippen LogP contribution in [0.3, 0.4) is 0 Å². The molecule has 0 spiro atoms. The van der Waals surface area contributed by atoms with Crippen molar-refractivity contribution in [1.82, 2.24) is 4.90 Å². The molecule has 7 heteroatoms. The van der Waals surface area contributed by atoms with Crippen LogP contribution in [0.5, 0.6) is 0 Å². The Morgan fingerprint density at radius 3 is 2.46 bits per heavy atom. The Morgan fingerprint density at radius 2 is 1.75 bits per heavy atom. The summed E-state index contributed by atoms with van der Waals surface area (Å²) >= 11 is 1.62. The van der Waals surface area contributed by atoms with Crippen molar-refractivity contribution in [3.05, 3.63) is 42.5 Å². The highest BCUT2D eigenvalue weighted by Gasteiger charge is 2.29. The van der Waals surface area contributed by atoms with Crippen LogP contribution in [-0.2, 0) is 9.53 Å². The largest absolute Gasteiger partial charge is 0.450 e. The van der Waals surface area contributed by atoms with Gasteiger partial charge >= 0.3 is 6.09 Å². The summed E-state index contributed by atoms with van der Waals surface area (Å²) in [5.41, 5.74) is 2.23. The van der Waals surface area contributed by atoms with Gasteiger partial charge in [-0.15, -0.1) is 0 Å². The van der Waals surface area contributed by atoms with E-state index in [1.54, 1.807) is 23.6 Å². The Kier molecular flexibility index (Phi) is 6.59. The first-order chi connectivity index (χ1) is 13.6. The van der Waals surface area contributed by atoms with Crippen molar-refractivity contribution >= 4 is 40.8 Å². The molecule has 6 nitrogen and oxygen atoms in total. The first-order valence-corrected chi connectivity index (χ1v) is 10.3. The maximum absolute atomic E-state index is 13.3. The molecule has 2 aromatic carbocycles. The number of fused-ring (bicyclic) bond motifs is 2. The second kappa shape index (κ2) is 9.12. The van der Waals surface area contributed by atoms with Crippen molar-refractivity contribution in [3.63, 3.8) is 0 Å². The quantitative estimate of drug-likeness (QED) is 0.761. The molecule has 0 unspecified atom stereocenters. The lowest BCUT2D eigenvalue weighted by atomic mass is 10.2. The molecule has 0 saturated heterocycles. The summed E-state index contributed by atoms with van der Waals surface area (Å²) in [4.78, 5) is 30.9. The average molecular weight is 400 g/mol. The van der Waals surface area contributed by atoms with Crippen molar-refractivity contribution < 1.29 is 14.3 Å². The van der Waals surface area contributed by atoms with Crippen LogP contribution in [0, 0.1) is 0 Å². The van der Waals surface area contributed by atoms with Gasteiger partial charge in [0.1, 0.15) is 0 Å². The van der Waals surface area contributed by atoms with Crippen LogP contribution in [0.1, 0.15) is 20.8 Å². The molecule has 0 aliphatic carbocycles. The SMILES string of the molecule is CCOC(=O)Nc1ccc2c(c1)N(C(=O)CN(CC)CC)c1ccccc1S2. The molecule has 2 aromatic rings. The zero-order valence-electron chi connectivity index (χ0n) is 16.4. The highest BCUT2D eigenvalue weighted by Crippen LogP contribution is 2.48. The van der Waals surface area contributed by atoms with Gasteiger partial charge in [0.25, 0.3) is 0 Å². The molecular weight excluding hydrogens is 374 g/mol. The third-order valence-corrected chi connectivity index (χ3v) is 5.68. The number of ether oxygens (including phenoxy) is 1. The molecule has 0 bridgehead atoms. The number of para-hydroxylation sites is 1. The molecule has 148 valence electrons. The summed E-state index contributed by atoms with van der Waals surface area (Å²) < 4.78 is 4.96. The molecule has 0 radical (unpaired) electrons. The molecule has 3 rings (SSSR count). The normalized spacial score (nSPS) is 12.4. The summed E-state index contributed by atoms with van der Waals surface area (Å²) in [6, 6.07) is 13.5. The van der Waals surface area contributed by atoms with Gasteiger partial charge < -0.3 is 4.74 Å². The summed E-state index contributed by atoms with van der Waals surface area (Å²) in [5.74, 6) is 0.00554. The van der Waals surface area contributed by atoms with E-state index >= 15 is 0 Å². The summed E-state index contributed by atoms with van der Waals surface area (Å²) in [6.45, 7) is 8.11. The number of nitrogens with zero attached hydrogens (tertiary/aromatic N) is 2. The van der Waals surface area contributed by atoms with Gasteiger partial charge in [0, 0.05) is 15.5 Å². The maximum Gasteiger partial charge on any atom is 0.411 e. The molecule has 1 N–H and O–H groups in total. The predicted molar refractivity (Wildman–Crippen MR) is 113 cm³/mol. The molecule has 1 heterocycles. The lowest BCUT2D eigenvalue weighted by Crippen LogP contribution is -2.39. The van der Waals surface area contributed by atoms with Gasteiger partial charge in [-0.25, -0.2) is 4.79 Å². The molecule has 2 amide bonds. The first kappa shape index (κ1) is 20.2. The maximum atomic E-state index is 13.3. The van der Waals surface area contributed by atoms with Gasteiger partial charge in [-0.1, -0.05) is 37.7 Å². The van der Waals surface area contributed by atoms with Crippen LogP contribution < -0.4 is 10.2 Å². The minimum atomic E-state index is -0.507. The van der Waals surface area contributed by atoms with E-state index in [1.165, 1.54) is 0 Å². The second-order valence-corrected chi connectivity index (χ2v) is 7.37. The van der Waals surface area contributed by atoms with Crippen LogP contribution in [0.2, 0.25) is 0 Å². The number of carbonyl (C=O) groups is 2. The van der Waals surface area contributed by atoms with Crippen LogP contribution >= 0.6 is 11.8 Å². The van der Waals surface area contributed by atoms with Crippen molar-refractivity contribution in [2.45, 2.75) is 30.6 Å². The number of hydrogen-bond acceptors (Lipinski definition) is 5. The van der Waals surface area contributed by atoms with E-state index in [1.807, 2.05) is 56.3 Å². The van der Waals surface area contributed by atoms with E-state index in [4.69, 9.17) is 4.74 Å². The predicted octanol–water partition coefficient (Wildman–Crippen LogP) is 4.73. The third-order valence-electron chi connectivity index (χ3n) is 4.55. The van der Waals surface area contributed by atoms with Crippen molar-refractivity contribution in [2.24, 2.45) is 0 Å². The molecule has 0 fully saturated rings. The van der Waals surface area contributed by atoms with Gasteiger partial charge in [-0.2, -0.15) is 0 Å². The zero-order chi connectivity index (χ0) is 20.1. The fraction of sp³-hybridized carbons (Fsp3) is 0.333. The summed E-state index contributed by atoms with van der Waals surface area (Å²) in [5, 5.41) is 2.72. The molecule has 28 heavy (non-hydrogen) atoms. The summed E-state index contributed by atoms with van der Waals surface area (Å²) in [7, 11) is 0. The van der Waals surface area contributed by atoms with E-state index in [0.29, 0.717) is 18.8 Å². The Morgan fingerprint density at radius 1 is 1.04 bits per heavy atom. The van der Waals surface area contributed by atoms with E-state index in [9.17, 15) is 9.59 Å². The molecule has 0 atom stereocenters. The van der Waals surface area contributed by atoms with Gasteiger partial charge in [-0.05, 0) is 50.3 Å². The summed E-state index contributed by atoms with van der Waals surface area (Å²) in [6.07, 6.45) is -0.507. The second-order valence-electron chi connectivity index (χ2n) is 6.29. The van der Waals surface area contributed by atoms with Crippen LogP contribution in [0.25, 0.3) is 0 Å². The Balaban J connectivity index is 1.98. The van der Waals surface area contributed by atoms with Gasteiger partial charge in [0.15, 0.2) is 0 Å². The van der Waals surface area contributed by atoms with Gasteiger partial charge in [0.05, 0.1) is 24.5 Å². The van der Waals surface area contributed by atoms with E-state index < -0.39 is 6.09 Å². The number of amides is 2. The Hall–Kier alpha value is -2.51. The number of hydrogen-bond donors (Lipinski definition) is 1. The van der Waals surface area contributed by atoms with Gasteiger partial charge in [-0.3, -0.25) is 19.9 Å². The minimum Gasteiger partial charge on any atom is -0.450 e. The number of rotatable bonds is 6. The van der Waals surface area contributed by atoms with Crippen LogP contribution in [0.15, 0.2) is 52.3 Å². The van der Waals surface area contributed by atoms with Crippen molar-refractivity contribution in [2.75, 3.05) is 36.5 Å². The molecule has 1 aliphatic rings. The minimum absolute atomic E-state index is 0.00554. The molecule has 0 saturated carbocycles. The fourth-order valence-electron chi connectivity index (χ4n) is 3.10. The number of likely N-dealkylation sites (N-methyl/N-ethyl adjacent to an activating group) is 1. The fourth-order valence-corrected chi connectivity index (χ4v) is 4.13. The number of anilines is 3. The molecule has 0 aromatic heterocycles. The first-order valence-electron chi connectivity index (χ1n) is 9.47. The number of benzene rings is 2. The van der Waals surface area contributed by atoms with E-state index in [-0.39, 0.29) is 5.91 Å². The molecule has 1 aliphatic heterocycles. The van der Waals surface area contributed by atoms with Crippen molar-refractivity contribution in [1.29, 1.82) is 0 Å². The monoisotopic (exact) mass is 399 g/mol. The smallest absolute Gasteiger partial charge is 0.411 e. The zero-order valence-corrected chi connectivity index (χ0v) is 17.2. The Labute approximate surface area is 169 Å². The lowest BCUT2D eigenvalue weighted by Gasteiger charge is -2.33. The number of carbonyl (C=O) groups excluding carboxylic acids is 2. The van der Waals surface area contributed by atoms with E-state index in [0.717, 1.165) is 34.3 Å². The Bertz CT molecular complexity index is 868. The topological polar surface area (TPSA) is 61.9 Å². The molecular formula is C21H25N3O3S. The van der Waals surface area contributed by atoms with Crippen LogP contribution in [-0.4, -0.2) is 43.1 Å². The standard InChI is InChI=1S/C21H25N3O3S/c1-4-23(5-2)14-20(25)24-16-9-7-8-10-18(16)28-19-12-11-15(13-17(19)24)22-21(26)27-6-3/h7-13H,4-6,14H2,1-3H3,(H,22,26). The van der Waals surface area contributed by atoms with E-state index in [2.05, 4.69) is 10.2 Å². The van der Waals surface area contributed by atoms with Crippen molar-refractivity contribution in [3.8, 4) is 0 Å². The highest BCUT2D eigenvalue weighted by molar-refractivity contribution is 7.99. The van der Waals surface area contributed by atoms with Crippen LogP contribution in [0.4, 0.5) is 21.9 Å². The third kappa shape index (κ3) is 4.31. The lowest BCUT2D eigenvalue weighted by molar-refractivity contribution is -0.119.